The second-order valence-electron chi connectivity index (χ2n) is 10.6. The van der Waals surface area contributed by atoms with Gasteiger partial charge in [-0.15, -0.1) is 0 Å². The van der Waals surface area contributed by atoms with Crippen LogP contribution < -0.4 is 0 Å². The van der Waals surface area contributed by atoms with E-state index >= 15 is 0 Å². The molecule has 1 aliphatic rings. The molecule has 0 aliphatic carbocycles. The van der Waals surface area contributed by atoms with Crippen molar-refractivity contribution in [1.29, 1.82) is 0 Å². The molecule has 0 spiro atoms. The molecule has 0 aromatic rings. The van der Waals surface area contributed by atoms with E-state index in [4.69, 9.17) is 9.47 Å². The fourth-order valence-electron chi connectivity index (χ4n) is 4.94. The van der Waals surface area contributed by atoms with E-state index in [9.17, 15) is 20.4 Å². The average Bonchev–Trinajstić information content (AvgIpc) is 2.86. The minimum atomic E-state index is -1.37. The van der Waals surface area contributed by atoms with E-state index in [1.54, 1.807) is 0 Å². The zero-order valence-corrected chi connectivity index (χ0v) is 22.8. The molecule has 0 bridgehead atoms. The summed E-state index contributed by atoms with van der Waals surface area (Å²) in [6.45, 7) is 2.29. The van der Waals surface area contributed by atoms with Gasteiger partial charge in [-0.1, -0.05) is 135 Å². The normalized spacial score (nSPS) is 24.8. The summed E-state index contributed by atoms with van der Waals surface area (Å²) in [7, 11) is 0. The second-order valence-corrected chi connectivity index (χ2v) is 10.6. The molecule has 0 aromatic heterocycles. The Bertz CT molecular complexity index is 447. The van der Waals surface area contributed by atoms with E-state index in [-0.39, 0.29) is 0 Å². The number of rotatable bonds is 24. The average molecular weight is 503 g/mol. The molecule has 0 saturated carbocycles. The molecule has 210 valence electrons. The minimum Gasteiger partial charge on any atom is -0.394 e. The standard InChI is InChI=1S/C29H58O6/c1-2-3-4-5-6-7-8-9-10-11-12-13-14-15-16-17-18-19-20-21-22-23-34-29-28(33)27(32)26(31)25(24-30)35-29/h25-33H,2-24H2,1H3/t25-,26-,27+,28-,29-/m1/s1. The Hall–Kier alpha value is -0.240. The second kappa shape index (κ2) is 22.9. The third-order valence-corrected chi connectivity index (χ3v) is 7.38. The zero-order chi connectivity index (χ0) is 25.6. The molecule has 6 nitrogen and oxygen atoms in total. The van der Waals surface area contributed by atoms with Crippen LogP contribution in [0.3, 0.4) is 0 Å². The van der Waals surface area contributed by atoms with Crippen LogP contribution in [0.15, 0.2) is 0 Å². The quantitative estimate of drug-likeness (QED) is 0.121. The molecule has 1 fully saturated rings. The zero-order valence-electron chi connectivity index (χ0n) is 22.8. The maximum absolute atomic E-state index is 9.95. The van der Waals surface area contributed by atoms with Crippen LogP contribution in [0.5, 0.6) is 0 Å². The van der Waals surface area contributed by atoms with Gasteiger partial charge in [0.1, 0.15) is 24.4 Å². The highest BCUT2D eigenvalue weighted by Crippen LogP contribution is 2.22. The van der Waals surface area contributed by atoms with E-state index in [0.29, 0.717) is 6.61 Å². The molecule has 1 aliphatic heterocycles. The van der Waals surface area contributed by atoms with Crippen LogP contribution in [0.1, 0.15) is 142 Å². The molecule has 5 atom stereocenters. The Labute approximate surface area is 215 Å². The lowest BCUT2D eigenvalue weighted by atomic mass is 9.99. The lowest BCUT2D eigenvalue weighted by Gasteiger charge is -2.39. The van der Waals surface area contributed by atoms with Crippen molar-refractivity contribution in [2.24, 2.45) is 0 Å². The molecule has 6 heteroatoms. The van der Waals surface area contributed by atoms with Crippen LogP contribution in [0, 0.1) is 0 Å². The van der Waals surface area contributed by atoms with Gasteiger partial charge in [-0.2, -0.15) is 0 Å². The molecule has 0 aromatic carbocycles. The van der Waals surface area contributed by atoms with Crippen LogP contribution in [0.2, 0.25) is 0 Å². The molecule has 0 unspecified atom stereocenters. The van der Waals surface area contributed by atoms with Crippen molar-refractivity contribution in [2.45, 2.75) is 172 Å². The van der Waals surface area contributed by atoms with Crippen LogP contribution >= 0.6 is 0 Å². The molecular weight excluding hydrogens is 444 g/mol. The van der Waals surface area contributed by atoms with Gasteiger partial charge in [0.05, 0.1) is 6.61 Å². The minimum absolute atomic E-state index is 0.426. The predicted molar refractivity (Wildman–Crippen MR) is 142 cm³/mol. The van der Waals surface area contributed by atoms with Crippen LogP contribution in [-0.2, 0) is 9.47 Å². The van der Waals surface area contributed by atoms with E-state index < -0.39 is 37.3 Å². The summed E-state index contributed by atoms with van der Waals surface area (Å²) in [5.74, 6) is 0. The monoisotopic (exact) mass is 502 g/mol. The third-order valence-electron chi connectivity index (χ3n) is 7.38. The SMILES string of the molecule is CCCCCCCCCCCCCCCCCCCCCCCO[C@@H]1O[C@H](CO)[C@@H](O)[C@H](O)[C@H]1O. The Morgan fingerprint density at radius 2 is 0.886 bits per heavy atom. The van der Waals surface area contributed by atoms with Gasteiger partial charge in [-0.25, -0.2) is 0 Å². The lowest BCUT2D eigenvalue weighted by Crippen LogP contribution is -2.59. The highest BCUT2D eigenvalue weighted by Gasteiger charge is 2.43. The van der Waals surface area contributed by atoms with Crippen LogP contribution in [-0.4, -0.2) is 64.3 Å². The van der Waals surface area contributed by atoms with E-state index in [1.807, 2.05) is 0 Å². The van der Waals surface area contributed by atoms with Crippen molar-refractivity contribution >= 4 is 0 Å². The van der Waals surface area contributed by atoms with Gasteiger partial charge in [-0.3, -0.25) is 0 Å². The molecule has 0 radical (unpaired) electrons. The van der Waals surface area contributed by atoms with Crippen molar-refractivity contribution in [3.63, 3.8) is 0 Å². The van der Waals surface area contributed by atoms with Gasteiger partial charge < -0.3 is 29.9 Å². The van der Waals surface area contributed by atoms with Gasteiger partial charge in [0.25, 0.3) is 0 Å². The van der Waals surface area contributed by atoms with Gasteiger partial charge in [-0.05, 0) is 6.42 Å². The molecule has 1 saturated heterocycles. The lowest BCUT2D eigenvalue weighted by molar-refractivity contribution is -0.301. The molecule has 1 heterocycles. The first-order valence-corrected chi connectivity index (χ1v) is 15.0. The van der Waals surface area contributed by atoms with Gasteiger partial charge in [0, 0.05) is 6.61 Å². The molecule has 4 N–H and O–H groups in total. The van der Waals surface area contributed by atoms with Crippen LogP contribution in [0.25, 0.3) is 0 Å². The first-order chi connectivity index (χ1) is 17.1. The third kappa shape index (κ3) is 16.3. The molecule has 0 amide bonds. The predicted octanol–water partition coefficient (Wildman–Crippen LogP) is 6.01. The molecular formula is C29H58O6. The Balaban J connectivity index is 1.78. The summed E-state index contributed by atoms with van der Waals surface area (Å²) in [6.07, 6.45) is 22.3. The molecule has 1 rings (SSSR count). The summed E-state index contributed by atoms with van der Waals surface area (Å²) in [5, 5.41) is 38.7. The summed E-state index contributed by atoms with van der Waals surface area (Å²) in [5.41, 5.74) is 0. The largest absolute Gasteiger partial charge is 0.394 e. The number of aliphatic hydroxyl groups is 4. The fourth-order valence-corrected chi connectivity index (χ4v) is 4.94. The summed E-state index contributed by atoms with van der Waals surface area (Å²) in [4.78, 5) is 0. The van der Waals surface area contributed by atoms with E-state index in [1.165, 1.54) is 122 Å². The van der Waals surface area contributed by atoms with Crippen molar-refractivity contribution in [2.75, 3.05) is 13.2 Å². The number of hydrogen-bond acceptors (Lipinski definition) is 6. The molecule has 35 heavy (non-hydrogen) atoms. The fraction of sp³-hybridized carbons (Fsp3) is 1.00. The highest BCUT2D eigenvalue weighted by molar-refractivity contribution is 4.88. The van der Waals surface area contributed by atoms with E-state index in [2.05, 4.69) is 6.92 Å². The van der Waals surface area contributed by atoms with Crippen molar-refractivity contribution in [1.82, 2.24) is 0 Å². The van der Waals surface area contributed by atoms with Gasteiger partial charge in [0.15, 0.2) is 6.29 Å². The number of aliphatic hydroxyl groups excluding tert-OH is 4. The van der Waals surface area contributed by atoms with E-state index in [0.717, 1.165) is 12.8 Å². The summed E-state index contributed by atoms with van der Waals surface area (Å²) in [6, 6.07) is 0. The Morgan fingerprint density at radius 3 is 1.26 bits per heavy atom. The number of ether oxygens (including phenoxy) is 2. The maximum atomic E-state index is 9.95. The van der Waals surface area contributed by atoms with Gasteiger partial charge >= 0.3 is 0 Å². The van der Waals surface area contributed by atoms with Crippen molar-refractivity contribution in [3.8, 4) is 0 Å². The smallest absolute Gasteiger partial charge is 0.186 e. The first-order valence-electron chi connectivity index (χ1n) is 15.0. The van der Waals surface area contributed by atoms with Crippen molar-refractivity contribution in [3.05, 3.63) is 0 Å². The summed E-state index contributed by atoms with van der Waals surface area (Å²) >= 11 is 0. The first kappa shape index (κ1) is 32.8. The van der Waals surface area contributed by atoms with Crippen LogP contribution in [0.4, 0.5) is 0 Å². The van der Waals surface area contributed by atoms with Gasteiger partial charge in [0.2, 0.25) is 0 Å². The number of hydrogen-bond donors (Lipinski definition) is 4. The highest BCUT2D eigenvalue weighted by atomic mass is 16.7. The number of unbranched alkanes of at least 4 members (excludes halogenated alkanes) is 20. The van der Waals surface area contributed by atoms with Crippen molar-refractivity contribution < 1.29 is 29.9 Å². The summed E-state index contributed by atoms with van der Waals surface area (Å²) < 4.78 is 10.9. The Morgan fingerprint density at radius 1 is 0.514 bits per heavy atom. The topological polar surface area (TPSA) is 99.4 Å². The Kier molecular flexibility index (Phi) is 21.5. The maximum Gasteiger partial charge on any atom is 0.186 e.